The Morgan fingerprint density at radius 2 is 1.77 bits per heavy atom. The number of nitrogens with zero attached hydrogens (tertiary/aromatic N) is 1. The van der Waals surface area contributed by atoms with Gasteiger partial charge in [0.25, 0.3) is 0 Å². The molecule has 0 radical (unpaired) electrons. The van der Waals surface area contributed by atoms with E-state index in [0.717, 1.165) is 17.0 Å². The van der Waals surface area contributed by atoms with Gasteiger partial charge in [-0.05, 0) is 30.3 Å². The number of benzene rings is 2. The molecule has 0 aliphatic carbocycles. The molecule has 0 aromatic heterocycles. The smallest absolute Gasteiger partial charge is 0.354 e. The second kappa shape index (κ2) is 9.06. The molecule has 1 heterocycles. The summed E-state index contributed by atoms with van der Waals surface area (Å²) in [5.41, 5.74) is -0.804. The Hall–Kier alpha value is -2.92. The number of alkyl halides is 3. The zero-order chi connectivity index (χ0) is 22.6. The molecule has 3 rings (SSSR count). The number of amides is 2. The number of sulfonamides is 1. The molecule has 2 aromatic carbocycles. The first-order valence-electron chi connectivity index (χ1n) is 9.38. The molecule has 1 saturated heterocycles. The van der Waals surface area contributed by atoms with E-state index in [4.69, 9.17) is 0 Å². The number of rotatable bonds is 7. The summed E-state index contributed by atoms with van der Waals surface area (Å²) in [6.45, 7) is -0.109. The molecule has 7 nitrogen and oxygen atoms in total. The molecule has 1 aliphatic heterocycles. The molecule has 1 fully saturated rings. The van der Waals surface area contributed by atoms with Gasteiger partial charge in [-0.25, -0.2) is 13.1 Å². The Labute approximate surface area is 177 Å². The average molecular weight is 455 g/mol. The van der Waals surface area contributed by atoms with Crippen LogP contribution in [0.4, 0.5) is 18.9 Å². The highest BCUT2D eigenvalue weighted by Crippen LogP contribution is 2.33. The quantitative estimate of drug-likeness (QED) is 0.626. The van der Waals surface area contributed by atoms with E-state index in [1.165, 1.54) is 24.3 Å². The van der Waals surface area contributed by atoms with Crippen LogP contribution >= 0.6 is 0 Å². The van der Waals surface area contributed by atoms with Crippen LogP contribution in [0.1, 0.15) is 12.0 Å². The van der Waals surface area contributed by atoms with Crippen LogP contribution in [-0.4, -0.2) is 39.9 Å². The molecule has 2 amide bonds. The standard InChI is InChI=1S/C20H20F3N3O4S/c21-20(22,23)15-5-4-6-16(12-15)26-13-14(11-18(26)27)19(28)24-9-10-25-31(29,30)17-7-2-1-3-8-17/h1-8,12,14,25H,9-11,13H2,(H,24,28)/t14-/m1/s1. The summed E-state index contributed by atoms with van der Waals surface area (Å²) in [5.74, 6) is -1.67. The van der Waals surface area contributed by atoms with Crippen molar-refractivity contribution in [1.82, 2.24) is 10.0 Å². The minimum Gasteiger partial charge on any atom is -0.354 e. The predicted octanol–water partition coefficient (Wildman–Crippen LogP) is 2.15. The molecule has 2 N–H and O–H groups in total. The Morgan fingerprint density at radius 1 is 1.06 bits per heavy atom. The van der Waals surface area contributed by atoms with Crippen LogP contribution in [0.5, 0.6) is 0 Å². The average Bonchev–Trinajstić information content (AvgIpc) is 3.13. The lowest BCUT2D eigenvalue weighted by Crippen LogP contribution is -2.38. The summed E-state index contributed by atoms with van der Waals surface area (Å²) in [6.07, 6.45) is -4.68. The number of carbonyl (C=O) groups excluding carboxylic acids is 2. The van der Waals surface area contributed by atoms with E-state index < -0.39 is 39.5 Å². The number of halogens is 3. The van der Waals surface area contributed by atoms with Crippen LogP contribution in [0.15, 0.2) is 59.5 Å². The van der Waals surface area contributed by atoms with E-state index >= 15 is 0 Å². The third-order valence-electron chi connectivity index (χ3n) is 4.75. The summed E-state index contributed by atoms with van der Waals surface area (Å²) in [6, 6.07) is 12.1. The van der Waals surface area contributed by atoms with Crippen LogP contribution in [0.2, 0.25) is 0 Å². The molecule has 0 bridgehead atoms. The van der Waals surface area contributed by atoms with Crippen LogP contribution in [0.3, 0.4) is 0 Å². The highest BCUT2D eigenvalue weighted by Gasteiger charge is 2.36. The van der Waals surface area contributed by atoms with Crippen molar-refractivity contribution < 1.29 is 31.2 Å². The Kier molecular flexibility index (Phi) is 6.65. The zero-order valence-corrected chi connectivity index (χ0v) is 17.0. The van der Waals surface area contributed by atoms with Gasteiger partial charge in [0.05, 0.1) is 16.4 Å². The van der Waals surface area contributed by atoms with E-state index in [1.807, 2.05) is 0 Å². The fraction of sp³-hybridized carbons (Fsp3) is 0.300. The highest BCUT2D eigenvalue weighted by atomic mass is 32.2. The van der Waals surface area contributed by atoms with Crippen molar-refractivity contribution >= 4 is 27.5 Å². The molecule has 2 aromatic rings. The van der Waals surface area contributed by atoms with E-state index in [1.54, 1.807) is 18.2 Å². The van der Waals surface area contributed by atoms with Gasteiger partial charge < -0.3 is 10.2 Å². The number of hydrogen-bond acceptors (Lipinski definition) is 4. The fourth-order valence-electron chi connectivity index (χ4n) is 3.18. The number of carbonyl (C=O) groups is 2. The summed E-state index contributed by atoms with van der Waals surface area (Å²) < 4.78 is 65.3. The minimum absolute atomic E-state index is 0.000847. The molecule has 1 aliphatic rings. The second-order valence-corrected chi connectivity index (χ2v) is 8.72. The van der Waals surface area contributed by atoms with Crippen molar-refractivity contribution in [2.45, 2.75) is 17.5 Å². The Balaban J connectivity index is 1.53. The van der Waals surface area contributed by atoms with Crippen molar-refractivity contribution in [2.24, 2.45) is 5.92 Å². The normalized spacial score (nSPS) is 17.1. The monoisotopic (exact) mass is 455 g/mol. The third-order valence-corrected chi connectivity index (χ3v) is 6.23. The first-order valence-corrected chi connectivity index (χ1v) is 10.9. The molecular weight excluding hydrogens is 435 g/mol. The highest BCUT2D eigenvalue weighted by molar-refractivity contribution is 7.89. The van der Waals surface area contributed by atoms with E-state index in [0.29, 0.717) is 0 Å². The molecule has 11 heteroatoms. The van der Waals surface area contributed by atoms with Gasteiger partial charge in [-0.1, -0.05) is 24.3 Å². The Morgan fingerprint density at radius 3 is 2.45 bits per heavy atom. The minimum atomic E-state index is -4.54. The molecule has 1 atom stereocenters. The van der Waals surface area contributed by atoms with Crippen molar-refractivity contribution in [3.05, 3.63) is 60.2 Å². The van der Waals surface area contributed by atoms with Gasteiger partial charge in [0, 0.05) is 31.7 Å². The van der Waals surface area contributed by atoms with Crippen LogP contribution < -0.4 is 14.9 Å². The summed E-state index contributed by atoms with van der Waals surface area (Å²) in [4.78, 5) is 25.8. The van der Waals surface area contributed by atoms with Gasteiger partial charge in [0.2, 0.25) is 21.8 Å². The van der Waals surface area contributed by atoms with Crippen LogP contribution in [0, 0.1) is 5.92 Å². The van der Waals surface area contributed by atoms with E-state index in [9.17, 15) is 31.2 Å². The zero-order valence-electron chi connectivity index (χ0n) is 16.2. The van der Waals surface area contributed by atoms with Gasteiger partial charge in [-0.2, -0.15) is 13.2 Å². The lowest BCUT2D eigenvalue weighted by Gasteiger charge is -2.18. The predicted molar refractivity (Wildman–Crippen MR) is 107 cm³/mol. The maximum atomic E-state index is 12.9. The molecular formula is C20H20F3N3O4S. The molecule has 0 saturated carbocycles. The lowest BCUT2D eigenvalue weighted by atomic mass is 10.1. The van der Waals surface area contributed by atoms with Crippen molar-refractivity contribution in [3.8, 4) is 0 Å². The van der Waals surface area contributed by atoms with Gasteiger partial charge >= 0.3 is 6.18 Å². The summed E-state index contributed by atoms with van der Waals surface area (Å²) in [7, 11) is -3.70. The fourth-order valence-corrected chi connectivity index (χ4v) is 4.23. The maximum Gasteiger partial charge on any atom is 0.416 e. The largest absolute Gasteiger partial charge is 0.416 e. The summed E-state index contributed by atoms with van der Waals surface area (Å²) >= 11 is 0. The maximum absolute atomic E-state index is 12.9. The first-order chi connectivity index (χ1) is 14.6. The first kappa shape index (κ1) is 22.8. The van der Waals surface area contributed by atoms with Gasteiger partial charge in [-0.3, -0.25) is 9.59 Å². The molecule has 31 heavy (non-hydrogen) atoms. The van der Waals surface area contributed by atoms with Gasteiger partial charge in [0.15, 0.2) is 0 Å². The van der Waals surface area contributed by atoms with Gasteiger partial charge in [0.1, 0.15) is 0 Å². The van der Waals surface area contributed by atoms with Crippen LogP contribution in [-0.2, 0) is 25.8 Å². The number of nitrogens with one attached hydrogen (secondary N) is 2. The molecule has 0 spiro atoms. The Bertz CT molecular complexity index is 1060. The molecule has 166 valence electrons. The SMILES string of the molecule is O=C(NCCNS(=O)(=O)c1ccccc1)[C@@H]1CC(=O)N(c2cccc(C(F)(F)F)c2)C1. The van der Waals surface area contributed by atoms with E-state index in [-0.39, 0.29) is 36.6 Å². The van der Waals surface area contributed by atoms with E-state index in [2.05, 4.69) is 10.0 Å². The summed E-state index contributed by atoms with van der Waals surface area (Å²) in [5, 5.41) is 2.55. The second-order valence-electron chi connectivity index (χ2n) is 6.96. The van der Waals surface area contributed by atoms with Crippen LogP contribution in [0.25, 0.3) is 0 Å². The van der Waals surface area contributed by atoms with Gasteiger partial charge in [-0.15, -0.1) is 0 Å². The number of hydrogen-bond donors (Lipinski definition) is 2. The third kappa shape index (κ3) is 5.61. The molecule has 0 unspecified atom stereocenters. The number of anilines is 1. The topological polar surface area (TPSA) is 95.6 Å². The van der Waals surface area contributed by atoms with Crippen molar-refractivity contribution in [3.63, 3.8) is 0 Å². The van der Waals surface area contributed by atoms with Crippen molar-refractivity contribution in [1.29, 1.82) is 0 Å². The lowest BCUT2D eigenvalue weighted by molar-refractivity contribution is -0.137. The van der Waals surface area contributed by atoms with Crippen molar-refractivity contribution in [2.75, 3.05) is 24.5 Å².